The van der Waals surface area contributed by atoms with E-state index in [9.17, 15) is 14.9 Å². The average molecular weight is 367 g/mol. The summed E-state index contributed by atoms with van der Waals surface area (Å²) in [5, 5.41) is 14.0. The number of methoxy groups -OCH3 is 1. The number of benzene rings is 2. The first-order valence-electron chi connectivity index (χ1n) is 8.09. The molecule has 1 aromatic heterocycles. The van der Waals surface area contributed by atoms with Gasteiger partial charge in [-0.15, -0.1) is 0 Å². The zero-order chi connectivity index (χ0) is 19.4. The van der Waals surface area contributed by atoms with Crippen molar-refractivity contribution in [1.29, 1.82) is 0 Å². The van der Waals surface area contributed by atoms with Crippen LogP contribution < -0.4 is 14.8 Å². The normalized spacial score (nSPS) is 10.4. The lowest BCUT2D eigenvalue weighted by atomic mass is 10.1. The van der Waals surface area contributed by atoms with Crippen LogP contribution in [0.15, 0.2) is 48.5 Å². The molecule has 2 aromatic carbocycles. The third-order valence-electron chi connectivity index (χ3n) is 3.83. The van der Waals surface area contributed by atoms with Crippen LogP contribution in [0.1, 0.15) is 5.69 Å². The quantitative estimate of drug-likeness (QED) is 0.528. The second-order valence-corrected chi connectivity index (χ2v) is 5.79. The van der Waals surface area contributed by atoms with Gasteiger partial charge < -0.3 is 14.8 Å². The molecule has 0 spiro atoms. The second kappa shape index (κ2) is 7.69. The lowest BCUT2D eigenvalue weighted by molar-refractivity contribution is -0.384. The molecule has 0 aliphatic heterocycles. The summed E-state index contributed by atoms with van der Waals surface area (Å²) in [6, 6.07) is 12.8. The first-order valence-corrected chi connectivity index (χ1v) is 8.09. The van der Waals surface area contributed by atoms with Gasteiger partial charge in [-0.25, -0.2) is 0 Å². The van der Waals surface area contributed by atoms with Gasteiger partial charge in [0.05, 0.1) is 17.5 Å². The number of nitrogens with one attached hydrogen (secondary N) is 1. The smallest absolute Gasteiger partial charge is 0.269 e. The minimum atomic E-state index is -0.500. The molecule has 0 fully saturated rings. The molecule has 8 nitrogen and oxygen atoms in total. The number of nitro benzene ring substituents is 1. The van der Waals surface area contributed by atoms with Crippen molar-refractivity contribution in [2.45, 2.75) is 6.92 Å². The highest BCUT2D eigenvalue weighted by Crippen LogP contribution is 2.29. The summed E-state index contributed by atoms with van der Waals surface area (Å²) >= 11 is 0. The van der Waals surface area contributed by atoms with Crippen LogP contribution in [0.2, 0.25) is 0 Å². The van der Waals surface area contributed by atoms with Crippen molar-refractivity contribution in [2.24, 2.45) is 0 Å². The number of aromatic nitrogens is 1. The fourth-order valence-corrected chi connectivity index (χ4v) is 2.55. The van der Waals surface area contributed by atoms with E-state index in [1.807, 2.05) is 13.0 Å². The predicted molar refractivity (Wildman–Crippen MR) is 100 cm³/mol. The molecule has 1 N–H and O–H groups in total. The van der Waals surface area contributed by atoms with E-state index in [4.69, 9.17) is 9.47 Å². The maximum absolute atomic E-state index is 12.1. The Labute approximate surface area is 154 Å². The average Bonchev–Trinajstić information content (AvgIpc) is 2.66. The molecule has 0 atom stereocenters. The summed E-state index contributed by atoms with van der Waals surface area (Å²) in [4.78, 5) is 26.7. The van der Waals surface area contributed by atoms with Crippen LogP contribution in [0, 0.1) is 17.0 Å². The van der Waals surface area contributed by atoms with Crippen LogP contribution in [-0.4, -0.2) is 29.5 Å². The van der Waals surface area contributed by atoms with Crippen molar-refractivity contribution in [3.8, 4) is 11.5 Å². The third-order valence-corrected chi connectivity index (χ3v) is 3.83. The van der Waals surface area contributed by atoms with Gasteiger partial charge in [-0.3, -0.25) is 19.9 Å². The summed E-state index contributed by atoms with van der Waals surface area (Å²) in [6.45, 7) is 1.63. The van der Waals surface area contributed by atoms with Gasteiger partial charge in [0.25, 0.3) is 11.6 Å². The van der Waals surface area contributed by atoms with E-state index < -0.39 is 4.92 Å². The van der Waals surface area contributed by atoms with Crippen LogP contribution in [0.4, 0.5) is 11.4 Å². The molecular weight excluding hydrogens is 350 g/mol. The van der Waals surface area contributed by atoms with Crippen LogP contribution >= 0.6 is 0 Å². The van der Waals surface area contributed by atoms with Gasteiger partial charge in [-0.1, -0.05) is 0 Å². The summed E-state index contributed by atoms with van der Waals surface area (Å²) in [5.41, 5.74) is 1.91. The molecule has 0 unspecified atom stereocenters. The molecule has 3 rings (SSSR count). The molecule has 1 heterocycles. The molecule has 0 aliphatic rings. The van der Waals surface area contributed by atoms with Gasteiger partial charge in [-0.2, -0.15) is 0 Å². The predicted octanol–water partition coefficient (Wildman–Crippen LogP) is 3.48. The lowest BCUT2D eigenvalue weighted by Gasteiger charge is -2.11. The molecule has 3 aromatic rings. The van der Waals surface area contributed by atoms with Crippen molar-refractivity contribution in [3.63, 3.8) is 0 Å². The number of hydrogen-bond donors (Lipinski definition) is 1. The monoisotopic (exact) mass is 367 g/mol. The zero-order valence-corrected chi connectivity index (χ0v) is 14.8. The van der Waals surface area contributed by atoms with Crippen molar-refractivity contribution >= 4 is 28.2 Å². The fourth-order valence-electron chi connectivity index (χ4n) is 2.55. The van der Waals surface area contributed by atoms with E-state index in [-0.39, 0.29) is 18.2 Å². The van der Waals surface area contributed by atoms with Crippen molar-refractivity contribution in [1.82, 2.24) is 4.98 Å². The number of amides is 1. The zero-order valence-electron chi connectivity index (χ0n) is 14.8. The van der Waals surface area contributed by atoms with Gasteiger partial charge in [0, 0.05) is 35.0 Å². The Kier molecular flexibility index (Phi) is 5.16. The van der Waals surface area contributed by atoms with Crippen LogP contribution in [0.25, 0.3) is 10.9 Å². The SMILES string of the molecule is COc1ccc2nc(C)cc(OCC(=O)Nc3ccc([N+](=O)[O-])cc3)c2c1. The van der Waals surface area contributed by atoms with Crippen LogP contribution in [0.3, 0.4) is 0 Å². The Balaban J connectivity index is 1.72. The maximum Gasteiger partial charge on any atom is 0.269 e. The van der Waals surface area contributed by atoms with E-state index in [2.05, 4.69) is 10.3 Å². The number of pyridine rings is 1. The minimum Gasteiger partial charge on any atom is -0.497 e. The van der Waals surface area contributed by atoms with E-state index in [1.165, 1.54) is 24.3 Å². The van der Waals surface area contributed by atoms with Crippen LogP contribution in [0.5, 0.6) is 11.5 Å². The number of nitrogens with zero attached hydrogens (tertiary/aromatic N) is 2. The first-order chi connectivity index (χ1) is 13.0. The van der Waals surface area contributed by atoms with Crippen molar-refractivity contribution in [2.75, 3.05) is 19.0 Å². The molecule has 8 heteroatoms. The van der Waals surface area contributed by atoms with Crippen molar-refractivity contribution < 1.29 is 19.2 Å². The van der Waals surface area contributed by atoms with Gasteiger partial charge >= 0.3 is 0 Å². The topological polar surface area (TPSA) is 104 Å². The summed E-state index contributed by atoms with van der Waals surface area (Å²) in [6.07, 6.45) is 0. The number of rotatable bonds is 6. The summed E-state index contributed by atoms with van der Waals surface area (Å²) in [7, 11) is 1.57. The number of anilines is 1. The number of nitro groups is 1. The molecule has 0 radical (unpaired) electrons. The summed E-state index contributed by atoms with van der Waals surface area (Å²) in [5.74, 6) is 0.804. The fraction of sp³-hybridized carbons (Fsp3) is 0.158. The number of ether oxygens (including phenoxy) is 2. The highest BCUT2D eigenvalue weighted by molar-refractivity contribution is 5.92. The lowest BCUT2D eigenvalue weighted by Crippen LogP contribution is -2.20. The number of carbonyl (C=O) groups is 1. The highest BCUT2D eigenvalue weighted by atomic mass is 16.6. The molecular formula is C19H17N3O5. The Morgan fingerprint density at radius 3 is 2.59 bits per heavy atom. The number of aryl methyl sites for hydroxylation is 1. The van der Waals surface area contributed by atoms with Gasteiger partial charge in [0.15, 0.2) is 6.61 Å². The maximum atomic E-state index is 12.1. The van der Waals surface area contributed by atoms with E-state index in [0.29, 0.717) is 17.2 Å². The minimum absolute atomic E-state index is 0.0445. The van der Waals surface area contributed by atoms with Crippen molar-refractivity contribution in [3.05, 3.63) is 64.3 Å². The van der Waals surface area contributed by atoms with Gasteiger partial charge in [0.1, 0.15) is 11.5 Å². The van der Waals surface area contributed by atoms with Gasteiger partial charge in [0.2, 0.25) is 0 Å². The highest BCUT2D eigenvalue weighted by Gasteiger charge is 2.10. The third kappa shape index (κ3) is 4.30. The van der Waals surface area contributed by atoms with Gasteiger partial charge in [-0.05, 0) is 37.3 Å². The number of hydrogen-bond acceptors (Lipinski definition) is 6. The molecule has 0 saturated carbocycles. The number of non-ortho nitro benzene ring substituents is 1. The molecule has 0 aliphatic carbocycles. The molecule has 0 bridgehead atoms. The Bertz CT molecular complexity index is 1000. The molecule has 1 amide bonds. The van der Waals surface area contributed by atoms with E-state index >= 15 is 0 Å². The Morgan fingerprint density at radius 2 is 1.93 bits per heavy atom. The first kappa shape index (κ1) is 18.1. The second-order valence-electron chi connectivity index (χ2n) is 5.79. The van der Waals surface area contributed by atoms with E-state index in [1.54, 1.807) is 25.3 Å². The molecule has 0 saturated heterocycles. The number of fused-ring (bicyclic) bond motifs is 1. The Hall–Kier alpha value is -3.68. The molecule has 138 valence electrons. The Morgan fingerprint density at radius 1 is 1.19 bits per heavy atom. The van der Waals surface area contributed by atoms with Crippen LogP contribution in [-0.2, 0) is 4.79 Å². The number of carbonyl (C=O) groups excluding carboxylic acids is 1. The molecule has 27 heavy (non-hydrogen) atoms. The standard InChI is InChI=1S/C19H17N3O5/c1-12-9-18(16-10-15(26-2)7-8-17(16)20-12)27-11-19(23)21-13-3-5-14(6-4-13)22(24)25/h3-10H,11H2,1-2H3,(H,21,23). The summed E-state index contributed by atoms with van der Waals surface area (Å²) < 4.78 is 10.9. The van der Waals surface area contributed by atoms with E-state index in [0.717, 1.165) is 16.6 Å². The largest absolute Gasteiger partial charge is 0.497 e.